The van der Waals surface area contributed by atoms with E-state index in [-0.39, 0.29) is 28.6 Å². The van der Waals surface area contributed by atoms with E-state index < -0.39 is 10.7 Å². The Morgan fingerprint density at radius 3 is 2.71 bits per heavy atom. The molecule has 106 valence electrons. The minimum atomic E-state index is -0.669. The first kappa shape index (κ1) is 14.8. The van der Waals surface area contributed by atoms with Crippen LogP contribution in [0.4, 0.5) is 10.1 Å². The van der Waals surface area contributed by atoms with Gasteiger partial charge in [-0.25, -0.2) is 4.39 Å². The van der Waals surface area contributed by atoms with Gasteiger partial charge in [0.15, 0.2) is 0 Å². The molecule has 21 heavy (non-hydrogen) atoms. The van der Waals surface area contributed by atoms with Crippen LogP contribution in [0.25, 0.3) is 0 Å². The summed E-state index contributed by atoms with van der Waals surface area (Å²) in [4.78, 5) is 10.3. The fraction of sp³-hybridized carbons (Fsp3) is 0.0714. The molecule has 0 atom stereocenters. The van der Waals surface area contributed by atoms with Gasteiger partial charge in [-0.3, -0.25) is 10.1 Å². The first-order chi connectivity index (χ1) is 10.0. The van der Waals surface area contributed by atoms with Gasteiger partial charge in [0.1, 0.15) is 11.6 Å². The van der Waals surface area contributed by atoms with E-state index in [0.717, 1.165) is 12.1 Å². The monoisotopic (exact) mass is 306 g/mol. The number of hydrogen-bond acceptors (Lipinski definition) is 4. The number of halogens is 2. The Kier molecular flexibility index (Phi) is 4.36. The summed E-state index contributed by atoms with van der Waals surface area (Å²) in [5.74, 6) is -0.452. The van der Waals surface area contributed by atoms with Crippen molar-refractivity contribution < 1.29 is 14.1 Å². The molecule has 0 saturated heterocycles. The van der Waals surface area contributed by atoms with E-state index in [1.807, 2.05) is 0 Å². The molecule has 0 heterocycles. The largest absolute Gasteiger partial charge is 0.450 e. The maximum atomic E-state index is 13.4. The van der Waals surface area contributed by atoms with Crippen LogP contribution >= 0.6 is 11.6 Å². The maximum Gasteiger partial charge on any atom is 0.312 e. The van der Waals surface area contributed by atoms with Gasteiger partial charge < -0.3 is 4.74 Å². The van der Waals surface area contributed by atoms with Crippen LogP contribution < -0.4 is 4.74 Å². The number of nitro groups is 1. The van der Waals surface area contributed by atoms with Crippen LogP contribution in [0.3, 0.4) is 0 Å². The van der Waals surface area contributed by atoms with Gasteiger partial charge in [0.25, 0.3) is 0 Å². The van der Waals surface area contributed by atoms with Crippen molar-refractivity contribution in [3.05, 3.63) is 63.5 Å². The molecule has 0 aromatic heterocycles. The number of hydrogen-bond donors (Lipinski definition) is 0. The van der Waals surface area contributed by atoms with Gasteiger partial charge in [-0.05, 0) is 29.8 Å². The molecule has 0 aliphatic rings. The van der Waals surface area contributed by atoms with Gasteiger partial charge in [-0.1, -0.05) is 0 Å². The van der Waals surface area contributed by atoms with Crippen molar-refractivity contribution in [2.75, 3.05) is 0 Å². The lowest BCUT2D eigenvalue weighted by Gasteiger charge is -2.08. The lowest BCUT2D eigenvalue weighted by atomic mass is 10.2. The zero-order chi connectivity index (χ0) is 15.4. The topological polar surface area (TPSA) is 76.2 Å². The standard InChI is InChI=1S/C14H8ClFN2O3/c15-7-10-3-11(16)6-12(4-10)21-14-2-1-9(8-17)5-13(14)18(19)20/h1-6H,7H2. The molecule has 0 aliphatic carbocycles. The smallest absolute Gasteiger partial charge is 0.312 e. The fourth-order valence-electron chi connectivity index (χ4n) is 1.70. The summed E-state index contributed by atoms with van der Waals surface area (Å²) >= 11 is 5.63. The molecule has 2 aromatic carbocycles. The first-order valence-corrected chi connectivity index (χ1v) is 6.29. The average molecular weight is 307 g/mol. The number of alkyl halides is 1. The molecule has 2 aromatic rings. The second-order valence-electron chi connectivity index (χ2n) is 4.08. The van der Waals surface area contributed by atoms with Crippen molar-refractivity contribution in [2.24, 2.45) is 0 Å². The SMILES string of the molecule is N#Cc1ccc(Oc2cc(F)cc(CCl)c2)c([N+](=O)[O-])c1. The number of ether oxygens (including phenoxy) is 1. The lowest BCUT2D eigenvalue weighted by molar-refractivity contribution is -0.385. The molecule has 2 rings (SSSR count). The number of benzene rings is 2. The number of nitrogens with zero attached hydrogens (tertiary/aromatic N) is 2. The highest BCUT2D eigenvalue weighted by Gasteiger charge is 2.17. The molecule has 0 radical (unpaired) electrons. The predicted octanol–water partition coefficient (Wildman–Crippen LogP) is 4.14. The minimum Gasteiger partial charge on any atom is -0.450 e. The number of nitriles is 1. The number of rotatable bonds is 4. The molecule has 0 unspecified atom stereocenters. The lowest BCUT2D eigenvalue weighted by Crippen LogP contribution is -1.95. The zero-order valence-corrected chi connectivity index (χ0v) is 11.3. The van der Waals surface area contributed by atoms with Crippen LogP contribution in [0, 0.1) is 27.3 Å². The van der Waals surface area contributed by atoms with Crippen molar-refractivity contribution in [1.29, 1.82) is 5.26 Å². The minimum absolute atomic E-state index is 0.0786. The highest BCUT2D eigenvalue weighted by molar-refractivity contribution is 6.17. The molecular formula is C14H8ClFN2O3. The van der Waals surface area contributed by atoms with Crippen molar-refractivity contribution in [2.45, 2.75) is 5.88 Å². The van der Waals surface area contributed by atoms with Crippen LogP contribution in [0.2, 0.25) is 0 Å². The molecule has 0 fully saturated rings. The fourth-order valence-corrected chi connectivity index (χ4v) is 1.85. The third-order valence-corrected chi connectivity index (χ3v) is 2.91. The molecule has 7 heteroatoms. The Morgan fingerprint density at radius 1 is 1.33 bits per heavy atom. The van der Waals surface area contributed by atoms with Crippen molar-refractivity contribution >= 4 is 17.3 Å². The highest BCUT2D eigenvalue weighted by atomic mass is 35.5. The van der Waals surface area contributed by atoms with Crippen molar-refractivity contribution in [3.63, 3.8) is 0 Å². The predicted molar refractivity (Wildman–Crippen MR) is 73.8 cm³/mol. The van der Waals surface area contributed by atoms with E-state index in [0.29, 0.717) is 5.56 Å². The maximum absolute atomic E-state index is 13.4. The van der Waals surface area contributed by atoms with Crippen molar-refractivity contribution in [1.82, 2.24) is 0 Å². The van der Waals surface area contributed by atoms with Gasteiger partial charge in [0.2, 0.25) is 5.75 Å². The molecular weight excluding hydrogens is 299 g/mol. The quantitative estimate of drug-likeness (QED) is 0.483. The van der Waals surface area contributed by atoms with E-state index >= 15 is 0 Å². The molecule has 0 saturated carbocycles. The first-order valence-electron chi connectivity index (χ1n) is 5.75. The van der Waals surface area contributed by atoms with E-state index in [4.69, 9.17) is 21.6 Å². The molecule has 0 spiro atoms. The third-order valence-electron chi connectivity index (χ3n) is 2.60. The van der Waals surface area contributed by atoms with Crippen LogP contribution in [-0.4, -0.2) is 4.92 Å². The summed E-state index contributed by atoms with van der Waals surface area (Å²) < 4.78 is 18.7. The van der Waals surface area contributed by atoms with Crippen molar-refractivity contribution in [3.8, 4) is 17.6 Å². The van der Waals surface area contributed by atoms with Crippen LogP contribution in [0.15, 0.2) is 36.4 Å². The van der Waals surface area contributed by atoms with Gasteiger partial charge in [-0.15, -0.1) is 11.6 Å². The Labute approximate surface area is 124 Å². The van der Waals surface area contributed by atoms with Gasteiger partial charge >= 0.3 is 5.69 Å². The van der Waals surface area contributed by atoms with Crippen LogP contribution in [-0.2, 0) is 5.88 Å². The van der Waals surface area contributed by atoms with E-state index in [9.17, 15) is 14.5 Å². The summed E-state index contributed by atoms with van der Waals surface area (Å²) in [6, 6.07) is 9.39. The van der Waals surface area contributed by atoms with E-state index in [1.165, 1.54) is 24.3 Å². The van der Waals surface area contributed by atoms with E-state index in [2.05, 4.69) is 0 Å². The normalized spacial score (nSPS) is 9.95. The Morgan fingerprint density at radius 2 is 2.10 bits per heavy atom. The zero-order valence-electron chi connectivity index (χ0n) is 10.5. The summed E-state index contributed by atoms with van der Waals surface area (Å²) in [5, 5.41) is 19.7. The second-order valence-corrected chi connectivity index (χ2v) is 4.35. The van der Waals surface area contributed by atoms with Crippen LogP contribution in [0.1, 0.15) is 11.1 Å². The second kappa shape index (κ2) is 6.20. The van der Waals surface area contributed by atoms with Gasteiger partial charge in [-0.2, -0.15) is 5.26 Å². The Hall–Kier alpha value is -2.65. The summed E-state index contributed by atoms with van der Waals surface area (Å²) in [7, 11) is 0. The molecule has 0 N–H and O–H groups in total. The molecule has 0 aliphatic heterocycles. The highest BCUT2D eigenvalue weighted by Crippen LogP contribution is 2.32. The van der Waals surface area contributed by atoms with E-state index in [1.54, 1.807) is 6.07 Å². The summed E-state index contributed by atoms with van der Waals surface area (Å²) in [6.07, 6.45) is 0. The number of nitro benzene ring substituents is 1. The molecule has 0 amide bonds. The molecule has 5 nitrogen and oxygen atoms in total. The van der Waals surface area contributed by atoms with Crippen LogP contribution in [0.5, 0.6) is 11.5 Å². The Balaban J connectivity index is 2.42. The van der Waals surface area contributed by atoms with Gasteiger partial charge in [0, 0.05) is 18.0 Å². The summed E-state index contributed by atoms with van der Waals surface area (Å²) in [6.45, 7) is 0. The third kappa shape index (κ3) is 3.46. The Bertz CT molecular complexity index is 743. The average Bonchev–Trinajstić information content (AvgIpc) is 2.46. The summed E-state index contributed by atoms with van der Waals surface area (Å²) in [5.41, 5.74) is 0.253. The molecule has 0 bridgehead atoms. The van der Waals surface area contributed by atoms with Gasteiger partial charge in [0.05, 0.1) is 16.6 Å².